The number of hydrogen-bond acceptors (Lipinski definition) is 2. The van der Waals surface area contributed by atoms with Crippen molar-refractivity contribution in [2.24, 2.45) is 5.92 Å². The van der Waals surface area contributed by atoms with E-state index in [1.54, 1.807) is 7.11 Å². The summed E-state index contributed by atoms with van der Waals surface area (Å²) in [7, 11) is 1.69. The summed E-state index contributed by atoms with van der Waals surface area (Å²) in [6.07, 6.45) is 7.80. The lowest BCUT2D eigenvalue weighted by atomic mass is 9.91. The summed E-state index contributed by atoms with van der Waals surface area (Å²) in [5, 5.41) is 0. The van der Waals surface area contributed by atoms with E-state index in [4.69, 9.17) is 4.74 Å². The minimum absolute atomic E-state index is 0.286. The number of methoxy groups -OCH3 is 1. The smallest absolute Gasteiger partial charge is 0.222 e. The fourth-order valence-electron chi connectivity index (χ4n) is 3.07. The van der Waals surface area contributed by atoms with Crippen molar-refractivity contribution in [3.63, 3.8) is 0 Å². The van der Waals surface area contributed by atoms with Crippen LogP contribution in [-0.4, -0.2) is 31.0 Å². The average molecular weight is 301 g/mol. The van der Waals surface area contributed by atoms with Crippen LogP contribution in [-0.2, 0) is 11.2 Å². The molecule has 1 fully saturated rings. The second kappa shape index (κ2) is 8.62. The summed E-state index contributed by atoms with van der Waals surface area (Å²) in [5.41, 5.74) is 1.34. The molecule has 2 rings (SSSR count). The number of allylic oxidation sites excluding steroid dienone is 1. The zero-order valence-electron chi connectivity index (χ0n) is 13.6. The molecule has 120 valence electrons. The number of ether oxygens (including phenoxy) is 1. The maximum Gasteiger partial charge on any atom is 0.222 e. The summed E-state index contributed by atoms with van der Waals surface area (Å²) in [5.74, 6) is 1.82. The minimum Gasteiger partial charge on any atom is -0.497 e. The van der Waals surface area contributed by atoms with Crippen LogP contribution in [0.4, 0.5) is 0 Å². The molecule has 1 atom stereocenters. The molecule has 0 aromatic heterocycles. The molecule has 0 bridgehead atoms. The van der Waals surface area contributed by atoms with E-state index in [1.807, 2.05) is 23.1 Å². The first-order valence-electron chi connectivity index (χ1n) is 8.24. The third-order valence-electron chi connectivity index (χ3n) is 4.43. The molecular weight excluding hydrogens is 274 g/mol. The van der Waals surface area contributed by atoms with Crippen LogP contribution in [0.15, 0.2) is 36.9 Å². The highest BCUT2D eigenvalue weighted by molar-refractivity contribution is 5.76. The molecule has 1 aliphatic heterocycles. The fourth-order valence-corrected chi connectivity index (χ4v) is 3.07. The molecule has 0 spiro atoms. The van der Waals surface area contributed by atoms with Gasteiger partial charge in [-0.2, -0.15) is 0 Å². The third-order valence-corrected chi connectivity index (χ3v) is 4.43. The van der Waals surface area contributed by atoms with E-state index in [1.165, 1.54) is 12.0 Å². The lowest BCUT2D eigenvalue weighted by Crippen LogP contribution is -2.39. The fraction of sp³-hybridized carbons (Fsp3) is 0.526. The molecule has 0 N–H and O–H groups in total. The highest BCUT2D eigenvalue weighted by atomic mass is 16.5. The van der Waals surface area contributed by atoms with Gasteiger partial charge in [-0.15, -0.1) is 6.58 Å². The number of carbonyl (C=O) groups excluding carboxylic acids is 1. The van der Waals surface area contributed by atoms with Crippen molar-refractivity contribution in [3.8, 4) is 5.75 Å². The Bertz CT molecular complexity index is 481. The number of piperidine rings is 1. The summed E-state index contributed by atoms with van der Waals surface area (Å²) in [6, 6.07) is 8.30. The number of aryl methyl sites for hydroxylation is 1. The molecule has 0 aliphatic carbocycles. The van der Waals surface area contributed by atoms with Crippen LogP contribution in [0.3, 0.4) is 0 Å². The van der Waals surface area contributed by atoms with Crippen LogP contribution in [0, 0.1) is 5.92 Å². The number of rotatable bonds is 7. The molecule has 0 saturated carbocycles. The number of nitrogens with zero attached hydrogens (tertiary/aromatic N) is 1. The lowest BCUT2D eigenvalue weighted by Gasteiger charge is -2.33. The minimum atomic E-state index is 0.286. The predicted molar refractivity (Wildman–Crippen MR) is 90.1 cm³/mol. The Balaban J connectivity index is 1.79. The van der Waals surface area contributed by atoms with Gasteiger partial charge in [-0.05, 0) is 55.7 Å². The number of carbonyl (C=O) groups is 1. The van der Waals surface area contributed by atoms with Gasteiger partial charge in [0.05, 0.1) is 7.11 Å². The zero-order chi connectivity index (χ0) is 15.8. The van der Waals surface area contributed by atoms with Crippen molar-refractivity contribution in [2.75, 3.05) is 20.2 Å². The maximum atomic E-state index is 12.1. The number of likely N-dealkylation sites (tertiary alicyclic amines) is 1. The van der Waals surface area contributed by atoms with Crippen molar-refractivity contribution >= 4 is 5.91 Å². The van der Waals surface area contributed by atoms with Crippen molar-refractivity contribution in [3.05, 3.63) is 42.5 Å². The SMILES string of the molecule is C=CCCC(=O)N1CCC[C@H](CCc2ccc(OC)cc2)C1. The third kappa shape index (κ3) is 4.90. The summed E-state index contributed by atoms with van der Waals surface area (Å²) in [4.78, 5) is 14.2. The first kappa shape index (κ1) is 16.6. The van der Waals surface area contributed by atoms with Crippen LogP contribution in [0.5, 0.6) is 5.75 Å². The van der Waals surface area contributed by atoms with Crippen molar-refractivity contribution in [1.82, 2.24) is 4.90 Å². The van der Waals surface area contributed by atoms with Crippen LogP contribution in [0.1, 0.15) is 37.7 Å². The molecule has 1 heterocycles. The first-order valence-corrected chi connectivity index (χ1v) is 8.24. The van der Waals surface area contributed by atoms with E-state index >= 15 is 0 Å². The second-order valence-electron chi connectivity index (χ2n) is 6.06. The first-order chi connectivity index (χ1) is 10.7. The molecule has 1 aromatic carbocycles. The molecule has 22 heavy (non-hydrogen) atoms. The molecule has 1 saturated heterocycles. The molecule has 3 heteroatoms. The molecule has 0 radical (unpaired) electrons. The van der Waals surface area contributed by atoms with E-state index in [0.717, 1.165) is 44.5 Å². The van der Waals surface area contributed by atoms with Gasteiger partial charge in [-0.25, -0.2) is 0 Å². The van der Waals surface area contributed by atoms with Gasteiger partial charge in [0.15, 0.2) is 0 Å². The normalized spacial score (nSPS) is 18.0. The van der Waals surface area contributed by atoms with Crippen molar-refractivity contribution < 1.29 is 9.53 Å². The Morgan fingerprint density at radius 1 is 1.41 bits per heavy atom. The van der Waals surface area contributed by atoms with E-state index in [-0.39, 0.29) is 5.91 Å². The van der Waals surface area contributed by atoms with Gasteiger partial charge in [0.1, 0.15) is 5.75 Å². The molecule has 3 nitrogen and oxygen atoms in total. The van der Waals surface area contributed by atoms with Gasteiger partial charge in [0, 0.05) is 19.5 Å². The largest absolute Gasteiger partial charge is 0.497 e. The molecular formula is C19H27NO2. The summed E-state index contributed by atoms with van der Waals surface area (Å²) >= 11 is 0. The van der Waals surface area contributed by atoms with E-state index in [2.05, 4.69) is 18.7 Å². The van der Waals surface area contributed by atoms with E-state index < -0.39 is 0 Å². The highest BCUT2D eigenvalue weighted by Crippen LogP contribution is 2.23. The molecule has 1 amide bonds. The monoisotopic (exact) mass is 301 g/mol. The molecule has 1 aliphatic rings. The van der Waals surface area contributed by atoms with Gasteiger partial charge in [-0.3, -0.25) is 4.79 Å². The van der Waals surface area contributed by atoms with Gasteiger partial charge < -0.3 is 9.64 Å². The van der Waals surface area contributed by atoms with Crippen LogP contribution >= 0.6 is 0 Å². The summed E-state index contributed by atoms with van der Waals surface area (Å²) in [6.45, 7) is 5.54. The maximum absolute atomic E-state index is 12.1. The number of benzene rings is 1. The quantitative estimate of drug-likeness (QED) is 0.716. The Kier molecular flexibility index (Phi) is 6.50. The van der Waals surface area contributed by atoms with Gasteiger partial charge in [0.2, 0.25) is 5.91 Å². The lowest BCUT2D eigenvalue weighted by molar-refractivity contribution is -0.132. The van der Waals surface area contributed by atoms with Gasteiger partial charge >= 0.3 is 0 Å². The van der Waals surface area contributed by atoms with Crippen LogP contribution in [0.25, 0.3) is 0 Å². The number of hydrogen-bond donors (Lipinski definition) is 0. The standard InChI is InChI=1S/C19H27NO2/c1-3-4-7-19(21)20-14-5-6-17(15-20)9-8-16-10-12-18(22-2)13-11-16/h3,10-13,17H,1,4-9,14-15H2,2H3/t17-/m1/s1. The van der Waals surface area contributed by atoms with Crippen molar-refractivity contribution in [2.45, 2.75) is 38.5 Å². The zero-order valence-corrected chi connectivity index (χ0v) is 13.6. The number of amides is 1. The predicted octanol–water partition coefficient (Wildman–Crippen LogP) is 3.83. The Morgan fingerprint density at radius 3 is 2.86 bits per heavy atom. The van der Waals surface area contributed by atoms with E-state index in [0.29, 0.717) is 12.3 Å². The highest BCUT2D eigenvalue weighted by Gasteiger charge is 2.22. The Hall–Kier alpha value is -1.77. The van der Waals surface area contributed by atoms with Crippen LogP contribution < -0.4 is 4.74 Å². The topological polar surface area (TPSA) is 29.5 Å². The van der Waals surface area contributed by atoms with Gasteiger partial charge in [-0.1, -0.05) is 18.2 Å². The Morgan fingerprint density at radius 2 is 2.18 bits per heavy atom. The van der Waals surface area contributed by atoms with Gasteiger partial charge in [0.25, 0.3) is 0 Å². The van der Waals surface area contributed by atoms with Crippen molar-refractivity contribution in [1.29, 1.82) is 0 Å². The van der Waals surface area contributed by atoms with Crippen LogP contribution in [0.2, 0.25) is 0 Å². The summed E-state index contributed by atoms with van der Waals surface area (Å²) < 4.78 is 5.19. The second-order valence-corrected chi connectivity index (χ2v) is 6.06. The Labute approximate surface area is 134 Å². The van der Waals surface area contributed by atoms with E-state index in [9.17, 15) is 4.79 Å². The molecule has 0 unspecified atom stereocenters. The average Bonchev–Trinajstić information content (AvgIpc) is 2.58. The molecule has 1 aromatic rings.